The highest BCUT2D eigenvalue weighted by atomic mass is 16.5. The molecule has 5 heterocycles. The van der Waals surface area contributed by atoms with Gasteiger partial charge in [0, 0.05) is 58.4 Å². The van der Waals surface area contributed by atoms with E-state index in [-0.39, 0.29) is 24.2 Å². The zero-order valence-corrected chi connectivity index (χ0v) is 28.2. The summed E-state index contributed by atoms with van der Waals surface area (Å²) in [6, 6.07) is 10.1. The molecule has 7 rings (SSSR count). The monoisotopic (exact) mass is 640 g/mol. The van der Waals surface area contributed by atoms with Crippen LogP contribution in [0.2, 0.25) is 0 Å². The average molecular weight is 641 g/mol. The zero-order chi connectivity index (χ0) is 33.9. The van der Waals surface area contributed by atoms with Crippen LogP contribution in [0.3, 0.4) is 0 Å². The lowest BCUT2D eigenvalue weighted by Gasteiger charge is -2.17. The van der Waals surface area contributed by atoms with Crippen molar-refractivity contribution in [1.29, 1.82) is 0 Å². The van der Waals surface area contributed by atoms with Crippen molar-refractivity contribution in [3.05, 3.63) is 133 Å². The van der Waals surface area contributed by atoms with Gasteiger partial charge in [-0.2, -0.15) is 0 Å². The molecule has 0 radical (unpaired) electrons. The Bertz CT molecular complexity index is 2040. The molecule has 0 saturated carbocycles. The Balaban J connectivity index is 1.45. The van der Waals surface area contributed by atoms with Crippen LogP contribution in [0.5, 0.6) is 0 Å². The highest BCUT2D eigenvalue weighted by Gasteiger charge is 2.41. The van der Waals surface area contributed by atoms with Crippen molar-refractivity contribution in [3.63, 3.8) is 0 Å². The fourth-order valence-corrected chi connectivity index (χ4v) is 7.50. The van der Waals surface area contributed by atoms with Crippen LogP contribution in [0.25, 0.3) is 6.08 Å². The number of allylic oxidation sites excluding steroid dienone is 11. The number of rotatable bonds is 6. The predicted octanol–water partition coefficient (Wildman–Crippen LogP) is 7.30. The highest BCUT2D eigenvalue weighted by Crippen LogP contribution is 2.46. The summed E-state index contributed by atoms with van der Waals surface area (Å²) < 4.78 is 4.99. The van der Waals surface area contributed by atoms with Crippen LogP contribution in [-0.2, 0) is 9.53 Å². The first-order valence-corrected chi connectivity index (χ1v) is 16.5. The van der Waals surface area contributed by atoms with Crippen LogP contribution >= 0.6 is 0 Å². The van der Waals surface area contributed by atoms with Gasteiger partial charge in [0.25, 0.3) is 0 Å². The normalized spacial score (nSPS) is 23.9. The number of esters is 1. The van der Waals surface area contributed by atoms with E-state index < -0.39 is 6.10 Å². The van der Waals surface area contributed by atoms with E-state index in [1.165, 1.54) is 7.11 Å². The molecule has 1 saturated heterocycles. The molecule has 0 aromatic heterocycles. The fraction of sp³-hybridized carbons (Fsp3) is 0.300. The van der Waals surface area contributed by atoms with E-state index in [2.05, 4.69) is 49.5 Å². The van der Waals surface area contributed by atoms with Crippen LogP contribution in [0.1, 0.15) is 59.4 Å². The van der Waals surface area contributed by atoms with Gasteiger partial charge in [-0.25, -0.2) is 15.0 Å². The van der Waals surface area contributed by atoms with E-state index >= 15 is 0 Å². The Labute approximate surface area is 281 Å². The maximum Gasteiger partial charge on any atom is 0.305 e. The molecule has 8 heteroatoms. The first kappa shape index (κ1) is 31.5. The first-order chi connectivity index (χ1) is 23.0. The summed E-state index contributed by atoms with van der Waals surface area (Å²) in [5.41, 5.74) is 13.7. The number of aliphatic hydroxyl groups is 2. The number of nitrogens with zero attached hydrogens (tertiary/aromatic N) is 3. The molecule has 1 fully saturated rings. The molecule has 1 aromatic rings. The molecule has 3 atom stereocenters. The molecule has 8 nitrogen and oxygen atoms in total. The van der Waals surface area contributed by atoms with E-state index in [9.17, 15) is 15.0 Å². The van der Waals surface area contributed by atoms with Crippen molar-refractivity contribution in [2.24, 2.45) is 26.8 Å². The molecule has 8 bridgehead atoms. The molecule has 0 unspecified atom stereocenters. The lowest BCUT2D eigenvalue weighted by atomic mass is 9.86. The minimum absolute atomic E-state index is 0.0275. The lowest BCUT2D eigenvalue weighted by Crippen LogP contribution is -2.16. The van der Waals surface area contributed by atoms with Gasteiger partial charge in [-0.3, -0.25) is 4.79 Å². The third kappa shape index (κ3) is 5.30. The van der Waals surface area contributed by atoms with E-state index in [4.69, 9.17) is 19.7 Å². The topological polar surface area (TPSA) is 116 Å². The molecule has 1 aromatic carbocycles. The standard InChI is InChI=1S/C40H40N4O4/c1-20-26(13-12-25-10-8-7-9-11-25)33-18-32-23(4)38-35(46)16-28(40(38)44-32)39-27(14-15-36(47)48-6)21(2)30(43-39)17-31-22(3)37(24(5)45)34(42-31)19-29(20)41-33/h7-13,17-19,21,24,27,43,45-46H,14-16H2,1-6H3/b13-12+,30-17?,33-18?,34-19?,39-28?/t21-,24-,27-/m0/s1. The second kappa shape index (κ2) is 12.2. The van der Waals surface area contributed by atoms with Gasteiger partial charge in [-0.15, -0.1) is 0 Å². The highest BCUT2D eigenvalue weighted by molar-refractivity contribution is 6.21. The Kier molecular flexibility index (Phi) is 8.00. The van der Waals surface area contributed by atoms with E-state index in [1.54, 1.807) is 6.92 Å². The third-order valence-corrected chi connectivity index (χ3v) is 10.2. The van der Waals surface area contributed by atoms with Crippen molar-refractivity contribution < 1.29 is 19.7 Å². The van der Waals surface area contributed by atoms with Gasteiger partial charge in [0.1, 0.15) is 5.76 Å². The molecule has 48 heavy (non-hydrogen) atoms. The number of benzene rings is 1. The van der Waals surface area contributed by atoms with E-state index in [0.29, 0.717) is 24.3 Å². The van der Waals surface area contributed by atoms with Crippen molar-refractivity contribution in [2.45, 2.75) is 60.0 Å². The van der Waals surface area contributed by atoms with E-state index in [1.807, 2.05) is 44.2 Å². The molecule has 1 aliphatic carbocycles. The third-order valence-electron chi connectivity index (χ3n) is 10.2. The van der Waals surface area contributed by atoms with Crippen LogP contribution < -0.4 is 5.32 Å². The number of carbonyl (C=O) groups excluding carboxylic acids is 1. The Morgan fingerprint density at radius 2 is 1.73 bits per heavy atom. The number of nitrogens with one attached hydrogen (secondary N) is 1. The molecule has 0 spiro atoms. The SMILES string of the molecule is COC(=O)CC[C@@H]1C2=C3CC(O)=C4C3=NC(=C4C)C=C3N=C(C=C4N=C(C=C(N2)[C@H]1C)C(C)=C4[C@H](C)O)C(C)=C3/C=C/c1ccccc1. The number of aliphatic imine (C=N–C) groups is 3. The number of methoxy groups -OCH3 is 1. The molecule has 3 N–H and O–H groups in total. The van der Waals surface area contributed by atoms with Crippen LogP contribution in [0, 0.1) is 11.8 Å². The Morgan fingerprint density at radius 3 is 2.46 bits per heavy atom. The van der Waals surface area contributed by atoms with Crippen molar-refractivity contribution >= 4 is 29.2 Å². The number of hydrogen-bond acceptors (Lipinski definition) is 8. The van der Waals surface area contributed by atoms with Gasteiger partial charge >= 0.3 is 5.97 Å². The van der Waals surface area contributed by atoms with Crippen LogP contribution in [0.15, 0.2) is 143 Å². The largest absolute Gasteiger partial charge is 0.511 e. The summed E-state index contributed by atoms with van der Waals surface area (Å²) in [5, 5.41) is 26.0. The van der Waals surface area contributed by atoms with E-state index in [0.717, 1.165) is 84.5 Å². The second-order valence-corrected chi connectivity index (χ2v) is 13.1. The number of aliphatic hydroxyl groups excluding tert-OH is 2. The molecule has 5 aliphatic heterocycles. The first-order valence-electron chi connectivity index (χ1n) is 16.5. The smallest absolute Gasteiger partial charge is 0.305 e. The van der Waals surface area contributed by atoms with Crippen LogP contribution in [0.4, 0.5) is 0 Å². The maximum absolute atomic E-state index is 12.3. The summed E-state index contributed by atoms with van der Waals surface area (Å²) in [5.74, 6) is 0.0337. The lowest BCUT2D eigenvalue weighted by molar-refractivity contribution is -0.140. The summed E-state index contributed by atoms with van der Waals surface area (Å²) in [7, 11) is 1.41. The summed E-state index contributed by atoms with van der Waals surface area (Å²) in [6.07, 6.45) is 10.7. The molecular formula is C40H40N4O4. The minimum Gasteiger partial charge on any atom is -0.511 e. The molecular weight excluding hydrogens is 600 g/mol. The quantitative estimate of drug-likeness (QED) is 0.283. The number of hydrogen-bond donors (Lipinski definition) is 3. The maximum atomic E-state index is 12.3. The fourth-order valence-electron chi connectivity index (χ4n) is 7.50. The van der Waals surface area contributed by atoms with Crippen molar-refractivity contribution in [2.75, 3.05) is 7.11 Å². The van der Waals surface area contributed by atoms with Crippen molar-refractivity contribution in [3.8, 4) is 0 Å². The summed E-state index contributed by atoms with van der Waals surface area (Å²) in [4.78, 5) is 27.6. The minimum atomic E-state index is -0.735. The molecule has 0 amide bonds. The van der Waals surface area contributed by atoms with Gasteiger partial charge in [0.2, 0.25) is 0 Å². The van der Waals surface area contributed by atoms with Crippen LogP contribution in [-0.4, -0.2) is 46.5 Å². The predicted molar refractivity (Wildman–Crippen MR) is 190 cm³/mol. The van der Waals surface area contributed by atoms with Gasteiger partial charge < -0.3 is 20.3 Å². The molecule has 6 aliphatic rings. The summed E-state index contributed by atoms with van der Waals surface area (Å²) in [6.45, 7) is 9.96. The van der Waals surface area contributed by atoms with Gasteiger partial charge in [0.05, 0.1) is 47.4 Å². The number of carbonyl (C=O) groups is 1. The average Bonchev–Trinajstić information content (AvgIpc) is 3.82. The van der Waals surface area contributed by atoms with Gasteiger partial charge in [-0.1, -0.05) is 49.4 Å². The van der Waals surface area contributed by atoms with Gasteiger partial charge in [-0.05, 0) is 74.6 Å². The number of ether oxygens (including phenoxy) is 1. The zero-order valence-electron chi connectivity index (χ0n) is 28.2. The second-order valence-electron chi connectivity index (χ2n) is 13.1. The number of fused-ring (bicyclic) bond motifs is 5. The Morgan fingerprint density at radius 1 is 1.00 bits per heavy atom. The van der Waals surface area contributed by atoms with Gasteiger partial charge in [0.15, 0.2) is 0 Å². The molecule has 244 valence electrons. The van der Waals surface area contributed by atoms with Crippen molar-refractivity contribution in [1.82, 2.24) is 5.32 Å². The Hall–Kier alpha value is -5.08. The summed E-state index contributed by atoms with van der Waals surface area (Å²) >= 11 is 0.